The smallest absolute Gasteiger partial charge is 0.248 e. The molecule has 1 aromatic heterocycles. The molecule has 180 valence electrons. The van der Waals surface area contributed by atoms with E-state index >= 15 is 0 Å². The molecular weight excluding hydrogens is 446 g/mol. The van der Waals surface area contributed by atoms with Gasteiger partial charge in [0.05, 0.1) is 12.9 Å². The number of fused-ring (bicyclic) bond motifs is 2. The van der Waals surface area contributed by atoms with E-state index in [4.69, 9.17) is 9.15 Å². The number of furan rings is 1. The topological polar surface area (TPSA) is 51.5 Å². The van der Waals surface area contributed by atoms with Crippen LogP contribution in [0.2, 0.25) is 0 Å². The van der Waals surface area contributed by atoms with Crippen LogP contribution in [0, 0.1) is 13.8 Å². The summed E-state index contributed by atoms with van der Waals surface area (Å²) < 4.78 is 11.9. The monoisotopic (exact) mass is 475 g/mol. The molecular formula is C32H29NO3. The Morgan fingerprint density at radius 1 is 0.917 bits per heavy atom. The number of allylic oxidation sites excluding steroid dienone is 1. The molecule has 0 radical (unpaired) electrons. The first-order valence-corrected chi connectivity index (χ1v) is 12.2. The van der Waals surface area contributed by atoms with Crippen molar-refractivity contribution in [2.45, 2.75) is 27.7 Å². The van der Waals surface area contributed by atoms with Crippen molar-refractivity contribution in [2.24, 2.45) is 0 Å². The summed E-state index contributed by atoms with van der Waals surface area (Å²) in [5.41, 5.74) is 7.65. The van der Waals surface area contributed by atoms with Crippen molar-refractivity contribution in [1.82, 2.24) is 0 Å². The molecule has 1 N–H and O–H groups in total. The Morgan fingerprint density at radius 2 is 1.72 bits per heavy atom. The summed E-state index contributed by atoms with van der Waals surface area (Å²) in [7, 11) is 0. The minimum absolute atomic E-state index is 0.181. The average Bonchev–Trinajstić information content (AvgIpc) is 3.28. The zero-order valence-electron chi connectivity index (χ0n) is 21.0. The van der Waals surface area contributed by atoms with E-state index in [1.807, 2.05) is 57.2 Å². The van der Waals surface area contributed by atoms with Crippen LogP contribution >= 0.6 is 0 Å². The van der Waals surface area contributed by atoms with Crippen LogP contribution in [0.25, 0.3) is 38.4 Å². The highest BCUT2D eigenvalue weighted by Gasteiger charge is 2.16. The lowest BCUT2D eigenvalue weighted by molar-refractivity contribution is -0.111. The third-order valence-corrected chi connectivity index (χ3v) is 6.60. The van der Waals surface area contributed by atoms with Crippen LogP contribution in [0.4, 0.5) is 5.69 Å². The molecule has 0 aliphatic carbocycles. The number of carbonyl (C=O) groups excluding carboxylic acids is 1. The molecule has 4 nitrogen and oxygen atoms in total. The highest BCUT2D eigenvalue weighted by atomic mass is 16.5. The van der Waals surface area contributed by atoms with Gasteiger partial charge in [0.1, 0.15) is 11.3 Å². The van der Waals surface area contributed by atoms with E-state index in [0.29, 0.717) is 12.4 Å². The maximum atomic E-state index is 12.9. The third-order valence-electron chi connectivity index (χ3n) is 6.60. The number of ether oxygens (including phenoxy) is 1. The van der Waals surface area contributed by atoms with Crippen LogP contribution in [0.3, 0.4) is 0 Å². The molecule has 0 saturated carbocycles. The number of hydrogen-bond acceptors (Lipinski definition) is 3. The largest absolute Gasteiger partial charge is 0.493 e. The van der Waals surface area contributed by atoms with E-state index in [1.54, 1.807) is 12.3 Å². The molecule has 0 bridgehead atoms. The van der Waals surface area contributed by atoms with Crippen LogP contribution in [0.5, 0.6) is 5.75 Å². The molecule has 36 heavy (non-hydrogen) atoms. The number of hydrogen-bond donors (Lipinski definition) is 1. The number of rotatable bonds is 6. The minimum atomic E-state index is -0.181. The van der Waals surface area contributed by atoms with E-state index < -0.39 is 0 Å². The standard InChI is InChI=1S/C32H29NO3/c1-5-35-30-18-31-28(29(19-36-31)26-12-8-10-23-9-6-7-11-25(23)26)17-27(30)22(4)16-32(34)33-24-14-13-20(2)21(3)15-24/h6-19H,5H2,1-4H3,(H,33,34)/b22-16+. The van der Waals surface area contributed by atoms with Crippen molar-refractivity contribution in [3.63, 3.8) is 0 Å². The van der Waals surface area contributed by atoms with Gasteiger partial charge in [-0.05, 0) is 78.9 Å². The van der Waals surface area contributed by atoms with Crippen molar-refractivity contribution in [3.8, 4) is 16.9 Å². The number of benzene rings is 4. The molecule has 4 aromatic carbocycles. The van der Waals surface area contributed by atoms with Gasteiger partial charge in [0, 0.05) is 34.3 Å². The lowest BCUT2D eigenvalue weighted by Gasteiger charge is -2.12. The second-order valence-corrected chi connectivity index (χ2v) is 9.07. The number of aryl methyl sites for hydroxylation is 2. The first kappa shape index (κ1) is 23.4. The van der Waals surface area contributed by atoms with Gasteiger partial charge in [-0.15, -0.1) is 0 Å². The number of anilines is 1. The SMILES string of the molecule is CCOc1cc2occ(-c3cccc4ccccc34)c2cc1/C(C)=C/C(=O)Nc1ccc(C)c(C)c1. The highest BCUT2D eigenvalue weighted by molar-refractivity contribution is 6.07. The Kier molecular flexibility index (Phi) is 6.34. The molecule has 1 amide bonds. The van der Waals surface area contributed by atoms with Crippen molar-refractivity contribution >= 4 is 38.9 Å². The fourth-order valence-corrected chi connectivity index (χ4v) is 4.58. The van der Waals surface area contributed by atoms with Gasteiger partial charge >= 0.3 is 0 Å². The summed E-state index contributed by atoms with van der Waals surface area (Å²) in [4.78, 5) is 12.9. The van der Waals surface area contributed by atoms with E-state index in [0.717, 1.165) is 49.9 Å². The zero-order chi connectivity index (χ0) is 25.2. The third kappa shape index (κ3) is 4.50. The van der Waals surface area contributed by atoms with Crippen molar-refractivity contribution in [2.75, 3.05) is 11.9 Å². The van der Waals surface area contributed by atoms with Gasteiger partial charge in [0.2, 0.25) is 5.91 Å². The van der Waals surface area contributed by atoms with Crippen LogP contribution in [0.1, 0.15) is 30.5 Å². The Morgan fingerprint density at radius 3 is 2.53 bits per heavy atom. The predicted molar refractivity (Wildman–Crippen MR) is 149 cm³/mol. The molecule has 0 atom stereocenters. The average molecular weight is 476 g/mol. The molecule has 0 aliphatic rings. The molecule has 1 heterocycles. The van der Waals surface area contributed by atoms with Gasteiger partial charge in [-0.25, -0.2) is 0 Å². The Balaban J connectivity index is 1.56. The molecule has 4 heteroatoms. The van der Waals surface area contributed by atoms with Crippen LogP contribution in [-0.2, 0) is 4.79 Å². The van der Waals surface area contributed by atoms with Gasteiger partial charge < -0.3 is 14.5 Å². The van der Waals surface area contributed by atoms with Crippen molar-refractivity contribution < 1.29 is 13.9 Å². The molecule has 5 rings (SSSR count). The van der Waals surface area contributed by atoms with E-state index in [1.165, 1.54) is 10.9 Å². The quantitative estimate of drug-likeness (QED) is 0.251. The van der Waals surface area contributed by atoms with Gasteiger partial charge in [-0.2, -0.15) is 0 Å². The second kappa shape index (κ2) is 9.74. The molecule has 0 aliphatic heterocycles. The zero-order valence-corrected chi connectivity index (χ0v) is 21.0. The summed E-state index contributed by atoms with van der Waals surface area (Å²) in [5, 5.41) is 6.30. The van der Waals surface area contributed by atoms with Crippen molar-refractivity contribution in [3.05, 3.63) is 102 Å². The van der Waals surface area contributed by atoms with Crippen LogP contribution in [-0.4, -0.2) is 12.5 Å². The summed E-state index contributed by atoms with van der Waals surface area (Å²) in [6, 6.07) is 24.5. The first-order chi connectivity index (χ1) is 17.4. The fraction of sp³-hybridized carbons (Fsp3) is 0.156. The van der Waals surface area contributed by atoms with Gasteiger partial charge in [0.25, 0.3) is 0 Å². The normalized spacial score (nSPS) is 11.7. The Labute approximate surface area is 211 Å². The summed E-state index contributed by atoms with van der Waals surface area (Å²) in [6.07, 6.45) is 3.42. The first-order valence-electron chi connectivity index (χ1n) is 12.2. The van der Waals surface area contributed by atoms with Gasteiger partial charge in [-0.3, -0.25) is 4.79 Å². The summed E-state index contributed by atoms with van der Waals surface area (Å²) in [5.74, 6) is 0.510. The molecule has 0 spiro atoms. The molecule has 5 aromatic rings. The predicted octanol–water partition coefficient (Wildman–Crippen LogP) is 8.31. The molecule has 0 fully saturated rings. The van der Waals surface area contributed by atoms with E-state index in [2.05, 4.69) is 48.6 Å². The molecule has 0 unspecified atom stereocenters. The van der Waals surface area contributed by atoms with Crippen LogP contribution < -0.4 is 10.1 Å². The fourth-order valence-electron chi connectivity index (χ4n) is 4.58. The number of nitrogens with one attached hydrogen (secondary N) is 1. The maximum Gasteiger partial charge on any atom is 0.248 e. The Hall–Kier alpha value is -4.31. The maximum absolute atomic E-state index is 12.9. The minimum Gasteiger partial charge on any atom is -0.493 e. The lowest BCUT2D eigenvalue weighted by Crippen LogP contribution is -2.09. The number of carbonyl (C=O) groups is 1. The van der Waals surface area contributed by atoms with E-state index in [-0.39, 0.29) is 5.91 Å². The number of amides is 1. The highest BCUT2D eigenvalue weighted by Crippen LogP contribution is 2.39. The van der Waals surface area contributed by atoms with E-state index in [9.17, 15) is 4.79 Å². The van der Waals surface area contributed by atoms with Crippen LogP contribution in [0.15, 0.2) is 89.6 Å². The Bertz CT molecular complexity index is 1620. The van der Waals surface area contributed by atoms with Gasteiger partial charge in [0.15, 0.2) is 0 Å². The van der Waals surface area contributed by atoms with Gasteiger partial charge in [-0.1, -0.05) is 48.5 Å². The molecule has 0 saturated heterocycles. The van der Waals surface area contributed by atoms with Crippen molar-refractivity contribution in [1.29, 1.82) is 0 Å². The summed E-state index contributed by atoms with van der Waals surface area (Å²) >= 11 is 0. The second-order valence-electron chi connectivity index (χ2n) is 9.07. The summed E-state index contributed by atoms with van der Waals surface area (Å²) in [6.45, 7) is 8.48. The lowest BCUT2D eigenvalue weighted by atomic mass is 9.96.